The highest BCUT2D eigenvalue weighted by atomic mass is 32.2. The van der Waals surface area contributed by atoms with Gasteiger partial charge in [-0.1, -0.05) is 18.2 Å². The van der Waals surface area contributed by atoms with Crippen molar-refractivity contribution in [3.05, 3.63) is 53.5 Å². The van der Waals surface area contributed by atoms with Crippen LogP contribution in [0.1, 0.15) is 6.42 Å². The molecule has 0 aliphatic carbocycles. The van der Waals surface area contributed by atoms with Gasteiger partial charge in [-0.05, 0) is 42.9 Å². The lowest BCUT2D eigenvalue weighted by molar-refractivity contribution is 0.0808. The first kappa shape index (κ1) is 20.6. The minimum absolute atomic E-state index is 0.164. The SMILES string of the molecule is O=S1(=O)CCC(N2CCN(Cn3nc(-c4ccco4)n(-c4ccccc4)c3=S)CC2)C1. The summed E-state index contributed by atoms with van der Waals surface area (Å²) in [6.45, 7) is 4.01. The molecule has 2 fully saturated rings. The Morgan fingerprint density at radius 3 is 2.48 bits per heavy atom. The van der Waals surface area contributed by atoms with Crippen molar-refractivity contribution in [2.24, 2.45) is 0 Å². The minimum atomic E-state index is -2.86. The van der Waals surface area contributed by atoms with Gasteiger partial charge in [-0.3, -0.25) is 14.4 Å². The van der Waals surface area contributed by atoms with Crippen LogP contribution < -0.4 is 0 Å². The van der Waals surface area contributed by atoms with E-state index in [-0.39, 0.29) is 6.04 Å². The average molecular weight is 460 g/mol. The van der Waals surface area contributed by atoms with Crippen molar-refractivity contribution in [3.63, 3.8) is 0 Å². The van der Waals surface area contributed by atoms with Crippen molar-refractivity contribution >= 4 is 22.1 Å². The topological polar surface area (TPSA) is 76.5 Å². The number of para-hydroxylation sites is 1. The van der Waals surface area contributed by atoms with E-state index in [2.05, 4.69) is 9.80 Å². The summed E-state index contributed by atoms with van der Waals surface area (Å²) < 4.78 is 33.6. The molecule has 1 atom stereocenters. The zero-order valence-corrected chi connectivity index (χ0v) is 18.8. The average Bonchev–Trinajstić information content (AvgIpc) is 3.49. The Labute approximate surface area is 186 Å². The van der Waals surface area contributed by atoms with Gasteiger partial charge in [0.15, 0.2) is 15.6 Å². The van der Waals surface area contributed by atoms with Crippen LogP contribution in [0.15, 0.2) is 53.1 Å². The van der Waals surface area contributed by atoms with Crippen molar-refractivity contribution in [2.45, 2.75) is 19.1 Å². The number of benzene rings is 1. The van der Waals surface area contributed by atoms with Crippen LogP contribution in [0.5, 0.6) is 0 Å². The molecule has 0 bridgehead atoms. The Balaban J connectivity index is 1.34. The predicted molar refractivity (Wildman–Crippen MR) is 120 cm³/mol. The molecule has 2 aliphatic heterocycles. The smallest absolute Gasteiger partial charge is 0.204 e. The summed E-state index contributed by atoms with van der Waals surface area (Å²) >= 11 is 5.79. The molecule has 0 N–H and O–H groups in total. The lowest BCUT2D eigenvalue weighted by atomic mass is 10.2. The maximum absolute atomic E-state index is 11.8. The van der Waals surface area contributed by atoms with Crippen molar-refractivity contribution in [1.29, 1.82) is 0 Å². The van der Waals surface area contributed by atoms with Crippen LogP contribution in [-0.2, 0) is 16.5 Å². The maximum Gasteiger partial charge on any atom is 0.204 e. The molecule has 8 nitrogen and oxygen atoms in total. The first-order chi connectivity index (χ1) is 15.0. The van der Waals surface area contributed by atoms with Crippen LogP contribution in [0.2, 0.25) is 0 Å². The highest BCUT2D eigenvalue weighted by Crippen LogP contribution is 2.24. The third-order valence-corrected chi connectivity index (χ3v) is 8.20. The van der Waals surface area contributed by atoms with Crippen LogP contribution in [0.4, 0.5) is 0 Å². The number of nitrogens with zero attached hydrogens (tertiary/aromatic N) is 5. The number of rotatable bonds is 5. The lowest BCUT2D eigenvalue weighted by Crippen LogP contribution is -2.50. The van der Waals surface area contributed by atoms with Gasteiger partial charge in [0.2, 0.25) is 10.6 Å². The Kier molecular flexibility index (Phi) is 5.55. The summed E-state index contributed by atoms with van der Waals surface area (Å²) in [6.07, 6.45) is 2.39. The molecule has 0 spiro atoms. The van der Waals surface area contributed by atoms with Gasteiger partial charge in [0.1, 0.15) is 0 Å². The van der Waals surface area contributed by atoms with E-state index >= 15 is 0 Å². The fourth-order valence-electron chi connectivity index (χ4n) is 4.40. The number of aromatic nitrogens is 3. The molecule has 3 aromatic rings. The number of hydrogen-bond donors (Lipinski definition) is 0. The molecule has 2 aromatic heterocycles. The molecular weight excluding hydrogens is 434 g/mol. The summed E-state index contributed by atoms with van der Waals surface area (Å²) in [7, 11) is -2.86. The third kappa shape index (κ3) is 4.25. The zero-order chi connectivity index (χ0) is 21.4. The van der Waals surface area contributed by atoms with Gasteiger partial charge < -0.3 is 4.42 Å². The van der Waals surface area contributed by atoms with Crippen molar-refractivity contribution in [1.82, 2.24) is 24.1 Å². The van der Waals surface area contributed by atoms with Gasteiger partial charge in [0.05, 0.1) is 30.1 Å². The quantitative estimate of drug-likeness (QED) is 0.543. The molecule has 1 unspecified atom stereocenters. The second kappa shape index (κ2) is 8.34. The van der Waals surface area contributed by atoms with Gasteiger partial charge in [-0.15, -0.1) is 5.10 Å². The molecule has 5 rings (SSSR count). The van der Waals surface area contributed by atoms with Crippen LogP contribution in [0.3, 0.4) is 0 Å². The Morgan fingerprint density at radius 1 is 1.06 bits per heavy atom. The summed E-state index contributed by atoms with van der Waals surface area (Å²) in [5.74, 6) is 1.96. The number of piperazine rings is 1. The molecule has 1 aromatic carbocycles. The standard InChI is InChI=1S/C21H25N5O3S2/c27-31(28)14-8-18(15-31)24-11-9-23(10-12-24)16-25-21(30)26(17-5-2-1-3-6-17)20(22-25)19-7-4-13-29-19/h1-7,13,18H,8-12,14-16H2. The predicted octanol–water partition coefficient (Wildman–Crippen LogP) is 2.43. The first-order valence-corrected chi connectivity index (χ1v) is 12.7. The highest BCUT2D eigenvalue weighted by molar-refractivity contribution is 7.91. The van der Waals surface area contributed by atoms with Gasteiger partial charge in [0, 0.05) is 32.2 Å². The van der Waals surface area contributed by atoms with Crippen LogP contribution in [-0.4, -0.2) is 76.3 Å². The second-order valence-corrected chi connectivity index (χ2v) is 10.7. The van der Waals surface area contributed by atoms with E-state index in [4.69, 9.17) is 21.7 Å². The summed E-state index contributed by atoms with van der Waals surface area (Å²) in [6, 6.07) is 13.8. The molecule has 2 aliphatic rings. The molecule has 164 valence electrons. The zero-order valence-electron chi connectivity index (χ0n) is 17.1. The lowest BCUT2D eigenvalue weighted by Gasteiger charge is -2.37. The molecule has 0 saturated carbocycles. The number of furan rings is 1. The van der Waals surface area contributed by atoms with E-state index in [9.17, 15) is 8.42 Å². The third-order valence-electron chi connectivity index (χ3n) is 6.06. The molecule has 10 heteroatoms. The second-order valence-electron chi connectivity index (χ2n) is 8.11. The molecule has 31 heavy (non-hydrogen) atoms. The van der Waals surface area contributed by atoms with E-state index in [1.165, 1.54) is 0 Å². The van der Waals surface area contributed by atoms with Crippen molar-refractivity contribution in [2.75, 3.05) is 37.7 Å². The largest absolute Gasteiger partial charge is 0.461 e. The monoisotopic (exact) mass is 459 g/mol. The number of hydrogen-bond acceptors (Lipinski definition) is 7. The van der Waals surface area contributed by atoms with E-state index in [0.29, 0.717) is 34.5 Å². The van der Waals surface area contributed by atoms with Crippen LogP contribution in [0, 0.1) is 4.77 Å². The maximum atomic E-state index is 11.8. The Morgan fingerprint density at radius 2 is 1.84 bits per heavy atom. The Bertz CT molecular complexity index is 1190. The normalized spacial score (nSPS) is 22.1. The fraction of sp³-hybridized carbons (Fsp3) is 0.429. The molecular formula is C21H25N5O3S2. The molecule has 0 amide bonds. The van der Waals surface area contributed by atoms with Crippen molar-refractivity contribution in [3.8, 4) is 17.3 Å². The van der Waals surface area contributed by atoms with Gasteiger partial charge in [-0.2, -0.15) is 0 Å². The van der Waals surface area contributed by atoms with E-state index in [1.807, 2.05) is 51.7 Å². The number of sulfone groups is 1. The van der Waals surface area contributed by atoms with E-state index in [1.54, 1.807) is 6.26 Å². The van der Waals surface area contributed by atoms with Crippen LogP contribution >= 0.6 is 12.2 Å². The van der Waals surface area contributed by atoms with E-state index < -0.39 is 9.84 Å². The Hall–Kier alpha value is -2.27. The summed E-state index contributed by atoms with van der Waals surface area (Å²) in [4.78, 5) is 4.63. The molecule has 2 saturated heterocycles. The van der Waals surface area contributed by atoms with Gasteiger partial charge >= 0.3 is 0 Å². The van der Waals surface area contributed by atoms with Gasteiger partial charge in [-0.25, -0.2) is 13.1 Å². The minimum Gasteiger partial charge on any atom is -0.461 e. The van der Waals surface area contributed by atoms with Gasteiger partial charge in [0.25, 0.3) is 0 Å². The fourth-order valence-corrected chi connectivity index (χ4v) is 6.45. The summed E-state index contributed by atoms with van der Waals surface area (Å²) in [5.41, 5.74) is 0.942. The molecule has 0 radical (unpaired) electrons. The first-order valence-electron chi connectivity index (χ1n) is 10.5. The van der Waals surface area contributed by atoms with E-state index in [0.717, 1.165) is 38.3 Å². The van der Waals surface area contributed by atoms with Crippen LogP contribution in [0.25, 0.3) is 17.3 Å². The molecule has 4 heterocycles. The summed E-state index contributed by atoms with van der Waals surface area (Å²) in [5, 5.41) is 4.79. The van der Waals surface area contributed by atoms with Crippen molar-refractivity contribution < 1.29 is 12.8 Å². The highest BCUT2D eigenvalue weighted by Gasteiger charge is 2.33.